The molecule has 0 amide bonds. The minimum Gasteiger partial charge on any atom is -0.459 e. The third-order valence-corrected chi connectivity index (χ3v) is 8.74. The van der Waals surface area contributed by atoms with E-state index in [2.05, 4.69) is 37.0 Å². The van der Waals surface area contributed by atoms with Crippen molar-refractivity contribution in [3.63, 3.8) is 0 Å². The van der Waals surface area contributed by atoms with E-state index in [0.29, 0.717) is 31.1 Å². The van der Waals surface area contributed by atoms with Gasteiger partial charge >= 0.3 is 14.5 Å². The van der Waals surface area contributed by atoms with Crippen LogP contribution in [-0.2, 0) is 18.8 Å². The van der Waals surface area contributed by atoms with Gasteiger partial charge in [-0.3, -0.25) is 9.80 Å². The number of methoxy groups -OCH3 is 1. The van der Waals surface area contributed by atoms with Gasteiger partial charge in [-0.1, -0.05) is 43.5 Å². The van der Waals surface area contributed by atoms with E-state index in [1.165, 1.54) is 11.9 Å². The van der Waals surface area contributed by atoms with Crippen LogP contribution in [0.25, 0.3) is 0 Å². The largest absolute Gasteiger partial charge is 0.459 e. The number of para-hydroxylation sites is 1. The van der Waals surface area contributed by atoms with Crippen LogP contribution in [0.3, 0.4) is 0 Å². The number of nitrogens with zero attached hydrogens (tertiary/aromatic N) is 4. The summed E-state index contributed by atoms with van der Waals surface area (Å²) in [6.07, 6.45) is 3.59. The van der Waals surface area contributed by atoms with Gasteiger partial charge in [-0.15, -0.1) is 0 Å². The number of nitrogen functional groups attached to an aromatic ring is 1. The number of ether oxygens (including phenoxy) is 2. The van der Waals surface area contributed by atoms with Gasteiger partial charge in [-0.05, 0) is 65.8 Å². The van der Waals surface area contributed by atoms with Gasteiger partial charge in [0.2, 0.25) is 5.95 Å². The Bertz CT molecular complexity index is 1210. The number of esters is 1. The number of carbonyl (C=O) groups excluding carboxylic acids is 1. The van der Waals surface area contributed by atoms with Gasteiger partial charge in [0.25, 0.3) is 0 Å². The van der Waals surface area contributed by atoms with Crippen LogP contribution in [0.15, 0.2) is 30.3 Å². The molecule has 5 N–H and O–H groups in total. The van der Waals surface area contributed by atoms with Crippen LogP contribution in [0.4, 0.5) is 23.3 Å². The Hall–Kier alpha value is -2.61. The second-order valence-electron chi connectivity index (χ2n) is 11.9. The normalized spacial score (nSPS) is 16.3. The standard InChI is InChI=1S/C29H49N8O5PS/c1-10-16-29(6,26(38)41-28(3,4)5)34-43(42-21-14-12-11-13-15-21)40-18-22(39-8)17-20(2)37-19-31-23-24(36(7)35-44-9)32-27(30)33-25(23)37/h11-15,20,22,31,34-35H,10,16-19H2,1-9H3,(H2,30,32,33). The molecule has 0 saturated heterocycles. The van der Waals surface area contributed by atoms with E-state index in [-0.39, 0.29) is 30.7 Å². The second-order valence-corrected chi connectivity index (χ2v) is 13.6. The molecule has 246 valence electrons. The highest BCUT2D eigenvalue weighted by Crippen LogP contribution is 2.41. The number of hydrazine groups is 1. The molecule has 0 spiro atoms. The summed E-state index contributed by atoms with van der Waals surface area (Å²) in [6.45, 7) is 12.3. The first kappa shape index (κ1) is 35.9. The zero-order valence-corrected chi connectivity index (χ0v) is 29.1. The number of fused-ring (bicyclic) bond motifs is 1. The third-order valence-electron chi connectivity index (χ3n) is 6.85. The molecular formula is C29H49N8O5PS. The van der Waals surface area contributed by atoms with Gasteiger partial charge in [-0.25, -0.2) is 5.09 Å². The molecule has 0 bridgehead atoms. The van der Waals surface area contributed by atoms with Crippen molar-refractivity contribution < 1.29 is 23.3 Å². The van der Waals surface area contributed by atoms with Crippen LogP contribution in [0.2, 0.25) is 0 Å². The first-order valence-corrected chi connectivity index (χ1v) is 17.1. The van der Waals surface area contributed by atoms with Crippen LogP contribution in [0.1, 0.15) is 60.8 Å². The highest BCUT2D eigenvalue weighted by molar-refractivity contribution is 7.96. The zero-order valence-electron chi connectivity index (χ0n) is 27.3. The van der Waals surface area contributed by atoms with Gasteiger partial charge in [0.15, 0.2) is 11.6 Å². The molecule has 1 aromatic carbocycles. The van der Waals surface area contributed by atoms with Gasteiger partial charge < -0.3 is 34.5 Å². The van der Waals surface area contributed by atoms with Gasteiger partial charge in [0.05, 0.1) is 19.4 Å². The molecule has 1 aliphatic heterocycles. The summed E-state index contributed by atoms with van der Waals surface area (Å²) >= 11 is 1.46. The molecule has 0 aliphatic carbocycles. The average Bonchev–Trinajstić information content (AvgIpc) is 3.38. The molecule has 0 radical (unpaired) electrons. The third kappa shape index (κ3) is 9.95. The van der Waals surface area contributed by atoms with Crippen molar-refractivity contribution >= 4 is 49.7 Å². The molecule has 2 heterocycles. The lowest BCUT2D eigenvalue weighted by atomic mass is 9.97. The fourth-order valence-corrected chi connectivity index (χ4v) is 6.44. The van der Waals surface area contributed by atoms with Gasteiger partial charge in [0.1, 0.15) is 22.6 Å². The maximum Gasteiger partial charge on any atom is 0.327 e. The second kappa shape index (κ2) is 16.1. The molecule has 0 fully saturated rings. The fourth-order valence-electron chi connectivity index (χ4n) is 4.69. The van der Waals surface area contributed by atoms with Gasteiger partial charge in [0, 0.05) is 20.2 Å². The topological polar surface area (TPSA) is 148 Å². The molecule has 1 aliphatic rings. The van der Waals surface area contributed by atoms with E-state index in [1.54, 1.807) is 12.1 Å². The Morgan fingerprint density at radius 1 is 1.25 bits per heavy atom. The zero-order chi connectivity index (χ0) is 32.5. The quantitative estimate of drug-likeness (QED) is 0.0779. The summed E-state index contributed by atoms with van der Waals surface area (Å²) < 4.78 is 24.2. The van der Waals surface area contributed by atoms with Crippen LogP contribution in [-0.4, -0.2) is 72.9 Å². The SMILES string of the molecule is CCCC(C)(NP(OCC(CC(C)N1CNc2c(N(C)NSC)nc(N)nc21)OC)Oc1ccccc1)C(=O)OC(C)(C)C. The Balaban J connectivity index is 1.75. The van der Waals surface area contributed by atoms with E-state index in [1.807, 2.05) is 78.3 Å². The minimum absolute atomic E-state index is 0.0135. The van der Waals surface area contributed by atoms with Crippen LogP contribution in [0, 0.1) is 0 Å². The summed E-state index contributed by atoms with van der Waals surface area (Å²) in [5.74, 6) is 1.87. The summed E-state index contributed by atoms with van der Waals surface area (Å²) in [6, 6.07) is 9.41. The van der Waals surface area contributed by atoms with E-state index in [0.717, 1.165) is 17.9 Å². The van der Waals surface area contributed by atoms with E-state index < -0.39 is 19.7 Å². The number of aromatic nitrogens is 2. The molecule has 2 aromatic rings. The lowest BCUT2D eigenvalue weighted by Crippen LogP contribution is -2.50. The number of benzene rings is 1. The monoisotopic (exact) mass is 652 g/mol. The number of anilines is 4. The van der Waals surface area contributed by atoms with Crippen molar-refractivity contribution in [1.82, 2.24) is 19.9 Å². The van der Waals surface area contributed by atoms with Crippen LogP contribution < -0.4 is 35.4 Å². The van der Waals surface area contributed by atoms with E-state index in [4.69, 9.17) is 24.3 Å². The first-order chi connectivity index (χ1) is 20.8. The summed E-state index contributed by atoms with van der Waals surface area (Å²) in [7, 11) is 1.78. The molecular weight excluding hydrogens is 603 g/mol. The molecule has 0 saturated carbocycles. The number of carbonyl (C=O) groups is 1. The predicted octanol–water partition coefficient (Wildman–Crippen LogP) is 5.07. The maximum atomic E-state index is 13.3. The lowest BCUT2D eigenvalue weighted by Gasteiger charge is -2.34. The number of hydrogen-bond acceptors (Lipinski definition) is 14. The summed E-state index contributed by atoms with van der Waals surface area (Å²) in [5.41, 5.74) is 5.25. The predicted molar refractivity (Wildman–Crippen MR) is 180 cm³/mol. The minimum atomic E-state index is -1.75. The van der Waals surface area contributed by atoms with Crippen LogP contribution in [0.5, 0.6) is 5.75 Å². The molecule has 1 aromatic heterocycles. The molecule has 3 rings (SSSR count). The Morgan fingerprint density at radius 2 is 1.95 bits per heavy atom. The molecule has 4 unspecified atom stereocenters. The van der Waals surface area contributed by atoms with Crippen LogP contribution >= 0.6 is 20.5 Å². The Kier molecular flexibility index (Phi) is 13.1. The Labute approximate surface area is 267 Å². The van der Waals surface area contributed by atoms with Crippen molar-refractivity contribution in [1.29, 1.82) is 0 Å². The highest BCUT2D eigenvalue weighted by Gasteiger charge is 2.40. The molecule has 4 atom stereocenters. The smallest absolute Gasteiger partial charge is 0.327 e. The van der Waals surface area contributed by atoms with Crippen molar-refractivity contribution in [3.05, 3.63) is 30.3 Å². The van der Waals surface area contributed by atoms with Gasteiger partial charge in [-0.2, -0.15) is 14.8 Å². The van der Waals surface area contributed by atoms with E-state index in [9.17, 15) is 4.79 Å². The molecule has 13 nitrogen and oxygen atoms in total. The van der Waals surface area contributed by atoms with Crippen molar-refractivity contribution in [2.75, 3.05) is 54.6 Å². The first-order valence-electron chi connectivity index (χ1n) is 14.7. The molecule has 44 heavy (non-hydrogen) atoms. The van der Waals surface area contributed by atoms with Crippen molar-refractivity contribution in [3.8, 4) is 5.75 Å². The molecule has 15 heteroatoms. The highest BCUT2D eigenvalue weighted by atomic mass is 32.2. The number of hydrogen-bond donors (Lipinski definition) is 4. The Morgan fingerprint density at radius 3 is 2.57 bits per heavy atom. The van der Waals surface area contributed by atoms with Crippen molar-refractivity contribution in [2.45, 2.75) is 84.1 Å². The summed E-state index contributed by atoms with van der Waals surface area (Å²) in [5, 5.41) is 8.58. The maximum absolute atomic E-state index is 13.3. The fraction of sp³-hybridized carbons (Fsp3) is 0.621. The van der Waals surface area contributed by atoms with Crippen molar-refractivity contribution in [2.24, 2.45) is 0 Å². The number of nitrogens with one attached hydrogen (secondary N) is 3. The summed E-state index contributed by atoms with van der Waals surface area (Å²) in [4.78, 5) is 27.6. The average molecular weight is 653 g/mol. The lowest BCUT2D eigenvalue weighted by molar-refractivity contribution is -0.162. The number of nitrogens with two attached hydrogens (primary N) is 1. The van der Waals surface area contributed by atoms with E-state index >= 15 is 0 Å². The number of rotatable bonds is 17.